The van der Waals surface area contributed by atoms with Gasteiger partial charge in [-0.05, 0) is 24.3 Å². The van der Waals surface area contributed by atoms with Gasteiger partial charge in [-0.25, -0.2) is 15.0 Å². The van der Waals surface area contributed by atoms with Crippen molar-refractivity contribution in [3.63, 3.8) is 0 Å². The van der Waals surface area contributed by atoms with Crippen LogP contribution in [0.5, 0.6) is 5.75 Å². The van der Waals surface area contributed by atoms with E-state index in [9.17, 15) is 0 Å². The molecule has 1 aromatic carbocycles. The lowest BCUT2D eigenvalue weighted by molar-refractivity contribution is 0.344. The molecule has 0 unspecified atom stereocenters. The molecule has 0 amide bonds. The molecule has 0 aliphatic rings. The smallest absolute Gasteiger partial charge is 0.181 e. The summed E-state index contributed by atoms with van der Waals surface area (Å²) >= 11 is 1.58. The second-order valence-corrected chi connectivity index (χ2v) is 5.20. The Labute approximate surface area is 125 Å². The maximum Gasteiger partial charge on any atom is 0.181 e. The van der Waals surface area contributed by atoms with Crippen molar-refractivity contribution < 1.29 is 4.74 Å². The molecule has 0 saturated carbocycles. The summed E-state index contributed by atoms with van der Waals surface area (Å²) in [5.41, 5.74) is 2.14. The molecule has 0 atom stereocenters. The van der Waals surface area contributed by atoms with Gasteiger partial charge in [0.05, 0.1) is 24.6 Å². The van der Waals surface area contributed by atoms with Crippen LogP contribution in [0.3, 0.4) is 0 Å². The predicted molar refractivity (Wildman–Crippen MR) is 79.1 cm³/mol. The molecule has 0 spiro atoms. The third-order valence-corrected chi connectivity index (χ3v) is 3.72. The van der Waals surface area contributed by atoms with Gasteiger partial charge in [-0.3, -0.25) is 0 Å². The second kappa shape index (κ2) is 6.24. The van der Waals surface area contributed by atoms with Gasteiger partial charge < -0.3 is 9.72 Å². The van der Waals surface area contributed by atoms with Crippen LogP contribution < -0.4 is 4.74 Å². The van der Waals surface area contributed by atoms with Crippen LogP contribution in [0.25, 0.3) is 11.2 Å². The number of H-pyrrole nitrogens is 1. The Kier molecular flexibility index (Phi) is 3.98. The number of nitriles is 1. The molecule has 6 nitrogen and oxygen atoms in total. The molecule has 3 rings (SSSR count). The maximum atomic E-state index is 8.72. The highest BCUT2D eigenvalue weighted by Crippen LogP contribution is 2.21. The van der Waals surface area contributed by atoms with Crippen molar-refractivity contribution in [3.8, 4) is 11.8 Å². The number of hydrogen-bond acceptors (Lipinski definition) is 6. The topological polar surface area (TPSA) is 87.5 Å². The third-order valence-electron chi connectivity index (χ3n) is 2.76. The Morgan fingerprint density at radius 2 is 2.05 bits per heavy atom. The zero-order valence-corrected chi connectivity index (χ0v) is 11.8. The number of aromatic nitrogens is 4. The first-order valence-electron chi connectivity index (χ1n) is 6.26. The van der Waals surface area contributed by atoms with Gasteiger partial charge in [0.25, 0.3) is 0 Å². The molecule has 104 valence electrons. The van der Waals surface area contributed by atoms with Crippen LogP contribution in [-0.2, 0) is 0 Å². The molecule has 0 fully saturated rings. The van der Waals surface area contributed by atoms with E-state index in [1.165, 1.54) is 6.33 Å². The number of rotatable bonds is 5. The Bertz CT molecular complexity index is 778. The van der Waals surface area contributed by atoms with Gasteiger partial charge in [-0.15, -0.1) is 11.8 Å². The van der Waals surface area contributed by atoms with Gasteiger partial charge >= 0.3 is 0 Å². The van der Waals surface area contributed by atoms with Crippen LogP contribution >= 0.6 is 11.8 Å². The first kappa shape index (κ1) is 13.4. The summed E-state index contributed by atoms with van der Waals surface area (Å²) in [5.74, 6) is 1.51. The fourth-order valence-electron chi connectivity index (χ4n) is 1.78. The van der Waals surface area contributed by atoms with Gasteiger partial charge in [0, 0.05) is 5.75 Å². The van der Waals surface area contributed by atoms with Crippen molar-refractivity contribution in [2.75, 3.05) is 12.4 Å². The largest absolute Gasteiger partial charge is 0.493 e. The average molecular weight is 297 g/mol. The van der Waals surface area contributed by atoms with E-state index in [1.54, 1.807) is 42.4 Å². The molecule has 0 saturated heterocycles. The van der Waals surface area contributed by atoms with Crippen LogP contribution in [0.1, 0.15) is 5.56 Å². The second-order valence-electron chi connectivity index (χ2n) is 4.11. The summed E-state index contributed by atoms with van der Waals surface area (Å²) in [7, 11) is 0. The maximum absolute atomic E-state index is 8.72. The van der Waals surface area contributed by atoms with Crippen LogP contribution in [0.4, 0.5) is 0 Å². The first-order chi connectivity index (χ1) is 10.4. The van der Waals surface area contributed by atoms with Gasteiger partial charge in [-0.2, -0.15) is 5.26 Å². The SMILES string of the molecule is N#Cc1ccc(OCCSc2ncnc3nc[nH]c23)cc1. The summed E-state index contributed by atoms with van der Waals surface area (Å²) in [4.78, 5) is 15.4. The summed E-state index contributed by atoms with van der Waals surface area (Å²) in [6.45, 7) is 0.552. The van der Waals surface area contributed by atoms with Crippen molar-refractivity contribution in [1.29, 1.82) is 5.26 Å². The normalized spacial score (nSPS) is 10.4. The zero-order chi connectivity index (χ0) is 14.5. The molecule has 0 radical (unpaired) electrons. The van der Waals surface area contributed by atoms with Gasteiger partial charge in [0.1, 0.15) is 22.6 Å². The fraction of sp³-hybridized carbons (Fsp3) is 0.143. The molecular weight excluding hydrogens is 286 g/mol. The average Bonchev–Trinajstić information content (AvgIpc) is 3.01. The number of nitrogens with zero attached hydrogens (tertiary/aromatic N) is 4. The highest BCUT2D eigenvalue weighted by Gasteiger charge is 2.06. The molecule has 2 aromatic heterocycles. The van der Waals surface area contributed by atoms with Crippen molar-refractivity contribution in [3.05, 3.63) is 42.5 Å². The van der Waals surface area contributed by atoms with Gasteiger partial charge in [0.2, 0.25) is 0 Å². The first-order valence-corrected chi connectivity index (χ1v) is 7.25. The van der Waals surface area contributed by atoms with Gasteiger partial charge in [0.15, 0.2) is 5.65 Å². The Morgan fingerprint density at radius 1 is 1.19 bits per heavy atom. The molecule has 0 aliphatic heterocycles. The number of imidazole rings is 1. The molecule has 21 heavy (non-hydrogen) atoms. The minimum Gasteiger partial charge on any atom is -0.493 e. The molecule has 1 N–H and O–H groups in total. The number of ether oxygens (including phenoxy) is 1. The number of hydrogen-bond donors (Lipinski definition) is 1. The third kappa shape index (κ3) is 3.12. The van der Waals surface area contributed by atoms with E-state index in [0.29, 0.717) is 17.8 Å². The lowest BCUT2D eigenvalue weighted by atomic mass is 10.2. The minimum atomic E-state index is 0.552. The molecule has 2 heterocycles. The molecule has 0 aliphatic carbocycles. The van der Waals surface area contributed by atoms with Gasteiger partial charge in [-0.1, -0.05) is 0 Å². The molecular formula is C14H11N5OS. The minimum absolute atomic E-state index is 0.552. The lowest BCUT2D eigenvalue weighted by Crippen LogP contribution is -2.00. The summed E-state index contributed by atoms with van der Waals surface area (Å²) < 4.78 is 5.62. The van der Waals surface area contributed by atoms with Crippen LogP contribution in [0.2, 0.25) is 0 Å². The summed E-state index contributed by atoms with van der Waals surface area (Å²) in [6, 6.07) is 9.13. The number of nitrogens with one attached hydrogen (secondary N) is 1. The van der Waals surface area contributed by atoms with Crippen LogP contribution in [-0.4, -0.2) is 32.3 Å². The highest BCUT2D eigenvalue weighted by molar-refractivity contribution is 7.99. The van der Waals surface area contributed by atoms with Crippen molar-refractivity contribution in [1.82, 2.24) is 19.9 Å². The molecule has 7 heteroatoms. The zero-order valence-electron chi connectivity index (χ0n) is 11.0. The number of benzene rings is 1. The lowest BCUT2D eigenvalue weighted by Gasteiger charge is -2.05. The van der Waals surface area contributed by atoms with E-state index in [2.05, 4.69) is 26.0 Å². The van der Waals surface area contributed by atoms with Crippen LogP contribution in [0.15, 0.2) is 41.9 Å². The predicted octanol–water partition coefficient (Wildman–Crippen LogP) is 2.40. The van der Waals surface area contributed by atoms with E-state index in [0.717, 1.165) is 22.0 Å². The van der Waals surface area contributed by atoms with E-state index >= 15 is 0 Å². The van der Waals surface area contributed by atoms with Crippen molar-refractivity contribution >= 4 is 22.9 Å². The summed E-state index contributed by atoms with van der Waals surface area (Å²) in [5, 5.41) is 9.59. The Hall–Kier alpha value is -2.59. The highest BCUT2D eigenvalue weighted by atomic mass is 32.2. The molecule has 0 bridgehead atoms. The van der Waals surface area contributed by atoms with Crippen molar-refractivity contribution in [2.45, 2.75) is 5.03 Å². The standard InChI is InChI=1S/C14H11N5OS/c15-7-10-1-3-11(4-2-10)20-5-6-21-14-12-13(17-8-16-12)18-9-19-14/h1-4,8-9H,5-6H2,(H,16,17,18,19). The van der Waals surface area contributed by atoms with Crippen LogP contribution in [0, 0.1) is 11.3 Å². The summed E-state index contributed by atoms with van der Waals surface area (Å²) in [6.07, 6.45) is 3.11. The fourth-order valence-corrected chi connectivity index (χ4v) is 2.55. The number of thioether (sulfide) groups is 1. The Balaban J connectivity index is 1.54. The molecule has 3 aromatic rings. The van der Waals surface area contributed by atoms with E-state index in [4.69, 9.17) is 10.00 Å². The van der Waals surface area contributed by atoms with E-state index in [-0.39, 0.29) is 0 Å². The number of fused-ring (bicyclic) bond motifs is 1. The number of aromatic amines is 1. The van der Waals surface area contributed by atoms with Crippen molar-refractivity contribution in [2.24, 2.45) is 0 Å². The van der Waals surface area contributed by atoms with E-state index < -0.39 is 0 Å². The van der Waals surface area contributed by atoms with E-state index in [1.807, 2.05) is 0 Å². The quantitative estimate of drug-likeness (QED) is 0.442. The Morgan fingerprint density at radius 3 is 2.86 bits per heavy atom. The monoisotopic (exact) mass is 297 g/mol.